The standard InChI is InChI=1S/C32H33F6N7O2/c1-15-8-22-23(16(2)42-43-22)25(28(15)47-32(36,37)38)24-21(34)9-20-27(26(24)35)40-30(41-29(20)44-12-18-4-5-19(13-44)39-18)46-14-31-6-3-7-45(31)11-17(33)10-31/h8-9,17-19,39H,3-7,10-14H2,1-2H3,(H,42,43)/t17-,18?,19?,31?/m1/s1. The number of benzene rings is 2. The Morgan fingerprint density at radius 3 is 2.55 bits per heavy atom. The highest BCUT2D eigenvalue weighted by molar-refractivity contribution is 6.03. The fraction of sp³-hybridized carbons (Fsp3) is 0.531. The lowest BCUT2D eigenvalue weighted by Gasteiger charge is -2.34. The first kappa shape index (κ1) is 30.5. The Kier molecular flexibility index (Phi) is 7.03. The van der Waals surface area contributed by atoms with E-state index in [0.29, 0.717) is 26.1 Å². The fourth-order valence-electron chi connectivity index (χ4n) is 8.26. The van der Waals surface area contributed by atoms with Gasteiger partial charge in [0, 0.05) is 54.5 Å². The molecule has 0 radical (unpaired) electrons. The molecule has 2 aromatic carbocycles. The van der Waals surface area contributed by atoms with Gasteiger partial charge in [-0.15, -0.1) is 13.2 Å². The topological polar surface area (TPSA) is 91.4 Å². The van der Waals surface area contributed by atoms with E-state index in [1.807, 2.05) is 4.90 Å². The van der Waals surface area contributed by atoms with Crippen molar-refractivity contribution in [3.8, 4) is 22.9 Å². The molecule has 3 unspecified atom stereocenters. The van der Waals surface area contributed by atoms with Gasteiger partial charge in [0.05, 0.1) is 22.3 Å². The van der Waals surface area contributed by atoms with Gasteiger partial charge in [0.15, 0.2) is 5.82 Å². The number of aryl methyl sites for hydroxylation is 2. The zero-order chi connectivity index (χ0) is 32.8. The van der Waals surface area contributed by atoms with Crippen LogP contribution in [-0.4, -0.2) is 88.0 Å². The van der Waals surface area contributed by atoms with Gasteiger partial charge >= 0.3 is 12.4 Å². The van der Waals surface area contributed by atoms with E-state index in [1.54, 1.807) is 0 Å². The first-order valence-corrected chi connectivity index (χ1v) is 15.9. The van der Waals surface area contributed by atoms with Crippen LogP contribution in [0.4, 0.5) is 32.2 Å². The van der Waals surface area contributed by atoms with Gasteiger partial charge in [0.2, 0.25) is 0 Å². The number of aromatic amines is 1. The quantitative estimate of drug-likeness (QED) is 0.249. The molecule has 0 spiro atoms. The van der Waals surface area contributed by atoms with Crippen molar-refractivity contribution in [2.45, 2.75) is 76.1 Å². The smallest absolute Gasteiger partial charge is 0.461 e. The number of alkyl halides is 4. The molecule has 4 atom stereocenters. The van der Waals surface area contributed by atoms with Crippen molar-refractivity contribution < 1.29 is 35.8 Å². The van der Waals surface area contributed by atoms with Gasteiger partial charge in [-0.05, 0) is 63.8 Å². The van der Waals surface area contributed by atoms with E-state index in [9.17, 15) is 17.6 Å². The molecule has 2 bridgehead atoms. The molecule has 250 valence electrons. The first-order valence-electron chi connectivity index (χ1n) is 15.9. The van der Waals surface area contributed by atoms with Crippen molar-refractivity contribution in [3.63, 3.8) is 0 Å². The lowest BCUT2D eigenvalue weighted by Crippen LogP contribution is -2.51. The van der Waals surface area contributed by atoms with Crippen LogP contribution in [0.3, 0.4) is 0 Å². The van der Waals surface area contributed by atoms with Crippen LogP contribution >= 0.6 is 0 Å². The Bertz CT molecular complexity index is 1890. The summed E-state index contributed by atoms with van der Waals surface area (Å²) < 4.78 is 99.5. The zero-order valence-electron chi connectivity index (χ0n) is 25.8. The summed E-state index contributed by atoms with van der Waals surface area (Å²) in [6.45, 7) is 5.09. The second-order valence-electron chi connectivity index (χ2n) is 13.4. The fourth-order valence-corrected chi connectivity index (χ4v) is 8.26. The maximum atomic E-state index is 17.0. The molecule has 0 amide bonds. The van der Waals surface area contributed by atoms with Crippen molar-refractivity contribution in [2.24, 2.45) is 0 Å². The summed E-state index contributed by atoms with van der Waals surface area (Å²) in [6, 6.07) is 2.61. The number of ether oxygens (including phenoxy) is 2. The van der Waals surface area contributed by atoms with E-state index in [0.717, 1.165) is 38.3 Å². The summed E-state index contributed by atoms with van der Waals surface area (Å²) >= 11 is 0. The number of piperazine rings is 1. The van der Waals surface area contributed by atoms with Gasteiger partial charge in [-0.25, -0.2) is 13.2 Å². The molecule has 0 aliphatic carbocycles. The summed E-state index contributed by atoms with van der Waals surface area (Å²) in [5.74, 6) is -2.76. The van der Waals surface area contributed by atoms with E-state index in [4.69, 9.17) is 4.74 Å². The van der Waals surface area contributed by atoms with Crippen molar-refractivity contribution in [2.75, 3.05) is 37.7 Å². The monoisotopic (exact) mass is 661 g/mol. The van der Waals surface area contributed by atoms with Crippen LogP contribution in [-0.2, 0) is 0 Å². The van der Waals surface area contributed by atoms with Gasteiger partial charge in [0.25, 0.3) is 0 Å². The molecule has 4 saturated heterocycles. The van der Waals surface area contributed by atoms with Gasteiger partial charge < -0.3 is 19.7 Å². The predicted molar refractivity (Wildman–Crippen MR) is 161 cm³/mol. The molecule has 6 heterocycles. The van der Waals surface area contributed by atoms with Crippen molar-refractivity contribution in [1.29, 1.82) is 0 Å². The highest BCUT2D eigenvalue weighted by Gasteiger charge is 2.49. The Morgan fingerprint density at radius 2 is 1.81 bits per heavy atom. The van der Waals surface area contributed by atoms with Crippen LogP contribution in [0.15, 0.2) is 12.1 Å². The van der Waals surface area contributed by atoms with Crippen LogP contribution in [0.25, 0.3) is 32.9 Å². The van der Waals surface area contributed by atoms with Crippen molar-refractivity contribution in [3.05, 3.63) is 35.0 Å². The summed E-state index contributed by atoms with van der Waals surface area (Å²) in [5, 5.41) is 10.5. The maximum Gasteiger partial charge on any atom is 0.573 e. The minimum atomic E-state index is -5.14. The third kappa shape index (κ3) is 5.12. The third-order valence-electron chi connectivity index (χ3n) is 10.2. The van der Waals surface area contributed by atoms with E-state index >= 15 is 8.78 Å². The number of nitrogens with zero attached hydrogens (tertiary/aromatic N) is 5. The van der Waals surface area contributed by atoms with Gasteiger partial charge in [-0.2, -0.15) is 15.1 Å². The number of rotatable bonds is 6. The van der Waals surface area contributed by atoms with Crippen molar-refractivity contribution in [1.82, 2.24) is 30.4 Å². The molecule has 4 aliphatic heterocycles. The lowest BCUT2D eigenvalue weighted by molar-refractivity contribution is -0.274. The molecule has 15 heteroatoms. The molecule has 4 aromatic rings. The molecule has 9 nitrogen and oxygen atoms in total. The molecule has 2 N–H and O–H groups in total. The summed E-state index contributed by atoms with van der Waals surface area (Å²) in [4.78, 5) is 13.1. The SMILES string of the molecule is Cc1cc2[nH]nc(C)c2c(-c2c(F)cc3c(N4CC5CCC(C4)N5)nc(OCC45CCCN4C[C@H](F)C5)nc3c2F)c1OC(F)(F)F. The number of anilines is 1. The van der Waals surface area contributed by atoms with Crippen LogP contribution < -0.4 is 19.7 Å². The Hall–Kier alpha value is -3.85. The van der Waals surface area contributed by atoms with Crippen LogP contribution in [0.5, 0.6) is 11.8 Å². The molecule has 8 rings (SSSR count). The number of halogens is 6. The molecule has 4 aliphatic rings. The first-order chi connectivity index (χ1) is 22.4. The van der Waals surface area contributed by atoms with Gasteiger partial charge in [-0.1, -0.05) is 0 Å². The van der Waals surface area contributed by atoms with E-state index in [1.165, 1.54) is 19.9 Å². The molecule has 47 heavy (non-hydrogen) atoms. The Balaban J connectivity index is 1.31. The Labute approximate surface area is 265 Å². The molecular formula is C32H33F6N7O2. The van der Waals surface area contributed by atoms with Crippen LogP contribution in [0.1, 0.15) is 43.4 Å². The number of aromatic nitrogens is 4. The number of hydrogen-bond donors (Lipinski definition) is 2. The number of hydrogen-bond acceptors (Lipinski definition) is 8. The Morgan fingerprint density at radius 1 is 1.04 bits per heavy atom. The van der Waals surface area contributed by atoms with E-state index < -0.39 is 46.6 Å². The highest BCUT2D eigenvalue weighted by Crippen LogP contribution is 2.47. The lowest BCUT2D eigenvalue weighted by atomic mass is 9.94. The number of fused-ring (bicyclic) bond motifs is 5. The van der Waals surface area contributed by atoms with Crippen LogP contribution in [0, 0.1) is 25.5 Å². The summed E-state index contributed by atoms with van der Waals surface area (Å²) in [6.07, 6.45) is -2.32. The number of nitrogens with one attached hydrogen (secondary N) is 2. The van der Waals surface area contributed by atoms with E-state index in [2.05, 4.69) is 35.1 Å². The molecule has 2 aromatic heterocycles. The molecular weight excluding hydrogens is 628 g/mol. The minimum Gasteiger partial charge on any atom is -0.461 e. The predicted octanol–water partition coefficient (Wildman–Crippen LogP) is 5.86. The highest BCUT2D eigenvalue weighted by atomic mass is 19.4. The van der Waals surface area contributed by atoms with Gasteiger partial charge in [-0.3, -0.25) is 10.00 Å². The second kappa shape index (κ2) is 10.8. The summed E-state index contributed by atoms with van der Waals surface area (Å²) in [7, 11) is 0. The summed E-state index contributed by atoms with van der Waals surface area (Å²) in [5.41, 5.74) is -1.49. The maximum absolute atomic E-state index is 17.0. The second-order valence-corrected chi connectivity index (χ2v) is 13.4. The average molecular weight is 662 g/mol. The molecule has 4 fully saturated rings. The largest absolute Gasteiger partial charge is 0.573 e. The normalized spacial score (nSPS) is 26.1. The third-order valence-corrected chi connectivity index (χ3v) is 10.2. The molecule has 0 saturated carbocycles. The van der Waals surface area contributed by atoms with E-state index in [-0.39, 0.29) is 63.6 Å². The zero-order valence-corrected chi connectivity index (χ0v) is 25.8. The number of H-pyrrole nitrogens is 1. The minimum absolute atomic E-state index is 0.000771. The average Bonchev–Trinajstić information content (AvgIpc) is 3.74. The van der Waals surface area contributed by atoms with Crippen LogP contribution in [0.2, 0.25) is 0 Å². The van der Waals surface area contributed by atoms with Crippen molar-refractivity contribution >= 4 is 27.6 Å². The van der Waals surface area contributed by atoms with Gasteiger partial charge in [0.1, 0.15) is 35.7 Å².